The van der Waals surface area contributed by atoms with Gasteiger partial charge in [-0.3, -0.25) is 0 Å². The summed E-state index contributed by atoms with van der Waals surface area (Å²) in [5.74, 6) is 1.07. The van der Waals surface area contributed by atoms with E-state index < -0.39 is 11.6 Å². The van der Waals surface area contributed by atoms with Gasteiger partial charge in [0.15, 0.2) is 0 Å². The summed E-state index contributed by atoms with van der Waals surface area (Å²) in [5, 5.41) is 26.2. The SMILES string of the molecule is CC(C)Oc1cccc(ON([O-])C2C=CC=C(CN([O-])C(C)(C)C)C2)c1. The number of allylic oxidation sites excluding steroid dienone is 2. The van der Waals surface area contributed by atoms with Crippen molar-refractivity contribution in [2.45, 2.75) is 58.7 Å². The summed E-state index contributed by atoms with van der Waals surface area (Å²) < 4.78 is 5.61. The molecule has 6 heteroatoms. The maximum absolute atomic E-state index is 12.4. The lowest BCUT2D eigenvalue weighted by Gasteiger charge is -2.43. The van der Waals surface area contributed by atoms with Gasteiger partial charge in [0, 0.05) is 18.2 Å². The topological polar surface area (TPSA) is 71.1 Å². The summed E-state index contributed by atoms with van der Waals surface area (Å²) in [7, 11) is 0. The van der Waals surface area contributed by atoms with Gasteiger partial charge in [-0.1, -0.05) is 29.9 Å². The van der Waals surface area contributed by atoms with Crippen LogP contribution in [0.1, 0.15) is 41.0 Å². The van der Waals surface area contributed by atoms with Crippen LogP contribution >= 0.6 is 0 Å². The Morgan fingerprint density at radius 2 is 1.88 bits per heavy atom. The van der Waals surface area contributed by atoms with E-state index in [0.717, 1.165) is 10.6 Å². The number of benzene rings is 1. The lowest BCUT2D eigenvalue weighted by atomic mass is 9.99. The summed E-state index contributed by atoms with van der Waals surface area (Å²) in [6.07, 6.45) is 5.96. The smallest absolute Gasteiger partial charge is 0.149 e. The summed E-state index contributed by atoms with van der Waals surface area (Å²) in [5.41, 5.74) is 0.436. The van der Waals surface area contributed by atoms with E-state index in [-0.39, 0.29) is 12.6 Å². The van der Waals surface area contributed by atoms with Crippen molar-refractivity contribution in [2.75, 3.05) is 6.54 Å². The zero-order chi connectivity index (χ0) is 19.3. The number of hydroxylamine groups is 4. The molecule has 0 N–H and O–H groups in total. The summed E-state index contributed by atoms with van der Waals surface area (Å²) in [6, 6.07) is 6.52. The second-order valence-corrected chi connectivity index (χ2v) is 7.71. The van der Waals surface area contributed by atoms with Crippen molar-refractivity contribution in [3.05, 3.63) is 58.5 Å². The first-order valence-electron chi connectivity index (χ1n) is 8.87. The van der Waals surface area contributed by atoms with Gasteiger partial charge in [0.25, 0.3) is 0 Å². The second-order valence-electron chi connectivity index (χ2n) is 7.71. The van der Waals surface area contributed by atoms with Crippen molar-refractivity contribution in [2.24, 2.45) is 0 Å². The quantitative estimate of drug-likeness (QED) is 0.670. The van der Waals surface area contributed by atoms with Gasteiger partial charge >= 0.3 is 0 Å². The fourth-order valence-corrected chi connectivity index (χ4v) is 2.46. The van der Waals surface area contributed by atoms with Gasteiger partial charge in [-0.15, -0.1) is 0 Å². The van der Waals surface area contributed by atoms with Gasteiger partial charge in [0.05, 0.1) is 12.1 Å². The molecule has 1 aliphatic rings. The Balaban J connectivity index is 1.95. The van der Waals surface area contributed by atoms with Gasteiger partial charge in [-0.2, -0.15) is 0 Å². The van der Waals surface area contributed by atoms with Gasteiger partial charge < -0.3 is 25.1 Å². The third-order valence-corrected chi connectivity index (χ3v) is 3.87. The monoisotopic (exact) mass is 360 g/mol. The molecule has 1 atom stereocenters. The molecule has 0 fully saturated rings. The molecule has 0 spiro atoms. The minimum atomic E-state index is -0.474. The number of hydrogen-bond donors (Lipinski definition) is 0. The van der Waals surface area contributed by atoms with Crippen LogP contribution in [-0.2, 0) is 0 Å². The highest BCUT2D eigenvalue weighted by Gasteiger charge is 2.18. The Labute approximate surface area is 155 Å². The van der Waals surface area contributed by atoms with E-state index in [0.29, 0.717) is 23.1 Å². The molecular weight excluding hydrogens is 332 g/mol. The molecule has 1 aliphatic carbocycles. The number of ether oxygens (including phenoxy) is 1. The van der Waals surface area contributed by atoms with Crippen LogP contribution in [-0.4, -0.2) is 34.5 Å². The number of nitrogens with zero attached hydrogens (tertiary/aromatic N) is 2. The van der Waals surface area contributed by atoms with E-state index in [2.05, 4.69) is 0 Å². The molecule has 0 aliphatic heterocycles. The fraction of sp³-hybridized carbons (Fsp3) is 0.500. The van der Waals surface area contributed by atoms with E-state index in [1.807, 2.05) is 46.8 Å². The normalized spacial score (nSPS) is 17.8. The minimum Gasteiger partial charge on any atom is -0.785 e. The van der Waals surface area contributed by atoms with Crippen molar-refractivity contribution in [3.63, 3.8) is 0 Å². The standard InChI is InChI=1S/C20H28N2O4/c1-15(2)25-18-10-7-11-19(13-18)26-22(24)17-9-6-8-16(12-17)14-21(23)20(3,4)5/h6-11,13,15,17H,12,14H2,1-5H3/q-2. The van der Waals surface area contributed by atoms with Crippen LogP contribution in [0, 0.1) is 10.4 Å². The third kappa shape index (κ3) is 6.14. The first-order chi connectivity index (χ1) is 12.1. The summed E-state index contributed by atoms with van der Waals surface area (Å²) in [6.45, 7) is 9.75. The van der Waals surface area contributed by atoms with Crippen LogP contribution in [0.5, 0.6) is 11.5 Å². The maximum Gasteiger partial charge on any atom is 0.149 e. The number of hydrogen-bond acceptors (Lipinski definition) is 6. The zero-order valence-corrected chi connectivity index (χ0v) is 16.1. The van der Waals surface area contributed by atoms with Crippen LogP contribution in [0.2, 0.25) is 0 Å². The minimum absolute atomic E-state index is 0.0421. The molecule has 1 aromatic rings. The molecule has 0 saturated heterocycles. The van der Waals surface area contributed by atoms with Gasteiger partial charge in [-0.25, -0.2) is 5.23 Å². The van der Waals surface area contributed by atoms with E-state index >= 15 is 0 Å². The molecular formula is C20H28N2O4-2. The molecule has 0 heterocycles. The van der Waals surface area contributed by atoms with E-state index in [9.17, 15) is 10.4 Å². The fourth-order valence-electron chi connectivity index (χ4n) is 2.46. The Kier molecular flexibility index (Phi) is 6.83. The zero-order valence-electron chi connectivity index (χ0n) is 16.1. The molecule has 6 nitrogen and oxygen atoms in total. The Hall–Kier alpha value is -1.86. The molecule has 0 radical (unpaired) electrons. The molecule has 1 unspecified atom stereocenters. The van der Waals surface area contributed by atoms with Crippen LogP contribution in [0.4, 0.5) is 0 Å². The van der Waals surface area contributed by atoms with Crippen molar-refractivity contribution in [1.29, 1.82) is 0 Å². The predicted molar refractivity (Wildman–Crippen MR) is 103 cm³/mol. The number of rotatable bonds is 7. The first-order valence-corrected chi connectivity index (χ1v) is 8.87. The van der Waals surface area contributed by atoms with Crippen molar-refractivity contribution in [3.8, 4) is 11.5 Å². The molecule has 2 rings (SSSR count). The van der Waals surface area contributed by atoms with Crippen molar-refractivity contribution in [1.82, 2.24) is 10.3 Å². The highest BCUT2D eigenvalue weighted by Crippen LogP contribution is 2.25. The predicted octanol–water partition coefficient (Wildman–Crippen LogP) is 4.42. The lowest BCUT2D eigenvalue weighted by molar-refractivity contribution is -0.0323. The molecule has 0 bridgehead atoms. The van der Waals surface area contributed by atoms with Gasteiger partial charge in [-0.05, 0) is 53.2 Å². The Morgan fingerprint density at radius 3 is 2.54 bits per heavy atom. The van der Waals surface area contributed by atoms with Crippen molar-refractivity contribution >= 4 is 0 Å². The van der Waals surface area contributed by atoms with Crippen LogP contribution in [0.15, 0.2) is 48.1 Å². The molecule has 0 saturated carbocycles. The summed E-state index contributed by atoms with van der Waals surface area (Å²) in [4.78, 5) is 5.42. The lowest BCUT2D eigenvalue weighted by Crippen LogP contribution is -2.39. The third-order valence-electron chi connectivity index (χ3n) is 3.87. The summed E-state index contributed by atoms with van der Waals surface area (Å²) >= 11 is 0. The highest BCUT2D eigenvalue weighted by molar-refractivity contribution is 5.33. The van der Waals surface area contributed by atoms with Crippen LogP contribution in [0.25, 0.3) is 0 Å². The molecule has 0 aromatic heterocycles. The molecule has 144 valence electrons. The van der Waals surface area contributed by atoms with Gasteiger partial charge in [0.1, 0.15) is 11.5 Å². The van der Waals surface area contributed by atoms with E-state index in [4.69, 9.17) is 9.57 Å². The van der Waals surface area contributed by atoms with Crippen molar-refractivity contribution < 1.29 is 9.57 Å². The Bertz CT molecular complexity index is 649. The average Bonchev–Trinajstić information content (AvgIpc) is 2.54. The van der Waals surface area contributed by atoms with Gasteiger partial charge in [0.2, 0.25) is 0 Å². The van der Waals surface area contributed by atoms with Crippen LogP contribution < -0.4 is 9.57 Å². The van der Waals surface area contributed by atoms with E-state index in [1.54, 1.807) is 30.4 Å². The largest absolute Gasteiger partial charge is 0.785 e. The second kappa shape index (κ2) is 8.68. The molecule has 1 aromatic carbocycles. The highest BCUT2D eigenvalue weighted by atomic mass is 16.9. The maximum atomic E-state index is 12.4. The molecule has 26 heavy (non-hydrogen) atoms. The van der Waals surface area contributed by atoms with E-state index in [1.165, 1.54) is 0 Å². The first kappa shape index (κ1) is 20.5. The van der Waals surface area contributed by atoms with Crippen LogP contribution in [0.3, 0.4) is 0 Å². The molecule has 0 amide bonds. The average molecular weight is 360 g/mol. The Morgan fingerprint density at radius 1 is 1.19 bits per heavy atom.